The van der Waals surface area contributed by atoms with Crippen LogP contribution in [0.1, 0.15) is 203 Å². The molecule has 638 valence electrons. The van der Waals surface area contributed by atoms with Gasteiger partial charge in [0.05, 0.1) is 64.2 Å². The van der Waals surface area contributed by atoms with E-state index in [0.717, 1.165) is 59.5 Å². The van der Waals surface area contributed by atoms with E-state index < -0.39 is 132 Å². The summed E-state index contributed by atoms with van der Waals surface area (Å²) in [7, 11) is 6.13. The number of amides is 12. The maximum Gasteiger partial charge on any atom is 0.410 e. The molecule has 116 heavy (non-hydrogen) atoms. The average molecular weight is 1650 g/mol. The second-order valence-electron chi connectivity index (χ2n) is 32.7. The van der Waals surface area contributed by atoms with Crippen LogP contribution in [0.5, 0.6) is 0 Å². The number of nitrogens with two attached hydrogens (primary N) is 1. The van der Waals surface area contributed by atoms with Crippen LogP contribution in [0.3, 0.4) is 0 Å². The lowest BCUT2D eigenvalue weighted by molar-refractivity contribution is -0.147. The fourth-order valence-corrected chi connectivity index (χ4v) is 20.7. The highest BCUT2D eigenvalue weighted by atomic mass is 32.2. The van der Waals surface area contributed by atoms with Crippen molar-refractivity contribution >= 4 is 101 Å². The smallest absolute Gasteiger partial charge is 0.410 e. The number of fused-ring (bicyclic) bond motifs is 4. The number of thioether (sulfide) groups is 2. The van der Waals surface area contributed by atoms with E-state index in [1.807, 2.05) is 70.2 Å². The van der Waals surface area contributed by atoms with Gasteiger partial charge in [0.15, 0.2) is 0 Å². The molecule has 0 bridgehead atoms. The van der Waals surface area contributed by atoms with Crippen molar-refractivity contribution < 1.29 is 72.1 Å². The number of aliphatic imine (C=N–C) groups is 1. The number of likely N-dealkylation sites (tertiary alicyclic amines) is 1. The van der Waals surface area contributed by atoms with Crippen LogP contribution in [0.15, 0.2) is 112 Å². The first-order valence-electron chi connectivity index (χ1n) is 41.5. The summed E-state index contributed by atoms with van der Waals surface area (Å²) in [4.78, 5) is 164. The standard InChI is InChI=1S/C88H129N11O15S2/c1-19-23-31-56(12)60-32-28-33-61(45-60)76(102)58(14)92-78(103)57(13)77(113-18)69-37-30-44-98(69)72(101)46-70(112-17)75(55(11)21-3)96(15)82(107)63(52(5)6)47-91-81(106)74(54(9)10)97(16)86(111)114-49-59-38-40-62(41-39-59)93-79(104)68(36-29-43-90-85(89)110)94-80(105)73(53(7)8)95-71(100)48-99-83(108)64-50-115-87(22-4)66-34-26-24-25-27-35-67(66)88(87,42-20-2)116-51-65(64)84(99)109/h24-28,32-35,38-41,45,47,52-58,63,68-70,73-77,102H,19-23,29-31,36-37,42-44,46,48-51H2,1-18H3,(H,92,103)(H,93,104)(H,94,105)(H,95,100)(H3,89,90,110)/b25-24?,26-24-,27-25-,34-26?,35-27?,66-34?,67-35?,91-47?/t55-,56?,57+,58+,63?,68-,69-,70+,73-,74-,75-,76+,77+,87?,88?/m0/s1. The molecular formula is C88H129N11O15S2. The Morgan fingerprint density at radius 1 is 0.733 bits per heavy atom. The molecule has 12 amide bonds. The Hall–Kier alpha value is -8.44. The summed E-state index contributed by atoms with van der Waals surface area (Å²) >= 11 is 3.37. The first-order chi connectivity index (χ1) is 55.1. The van der Waals surface area contributed by atoms with Gasteiger partial charge in [0.25, 0.3) is 17.7 Å². The first-order valence-corrected chi connectivity index (χ1v) is 43.4. The first kappa shape index (κ1) is 94.7. The average Bonchev–Trinajstić information content (AvgIpc) is 0.830. The Labute approximate surface area is 695 Å². The molecule has 2 aromatic rings. The molecule has 0 aromatic heterocycles. The van der Waals surface area contributed by atoms with Crippen LogP contribution in [-0.4, -0.2) is 214 Å². The van der Waals surface area contributed by atoms with Crippen molar-refractivity contribution in [1.29, 1.82) is 0 Å². The van der Waals surface area contributed by atoms with Crippen LogP contribution in [0.4, 0.5) is 15.3 Å². The number of benzene rings is 2. The van der Waals surface area contributed by atoms with E-state index in [2.05, 4.69) is 77.5 Å². The molecule has 1 saturated heterocycles. The third-order valence-electron chi connectivity index (χ3n) is 23.7. The normalized spacial score (nSPS) is 21.7. The Morgan fingerprint density at radius 2 is 1.37 bits per heavy atom. The summed E-state index contributed by atoms with van der Waals surface area (Å²) in [5.74, 6) is -6.98. The Bertz CT molecular complexity index is 4010. The van der Waals surface area contributed by atoms with Crippen LogP contribution in [-0.2, 0) is 64.0 Å². The molecule has 28 heteroatoms. The highest BCUT2D eigenvalue weighted by Gasteiger charge is 2.66. The maximum absolute atomic E-state index is 14.9. The van der Waals surface area contributed by atoms with Crippen molar-refractivity contribution in [2.24, 2.45) is 46.2 Å². The summed E-state index contributed by atoms with van der Waals surface area (Å²) in [6.07, 6.45) is 18.3. The molecule has 4 unspecified atom stereocenters. The predicted molar refractivity (Wildman–Crippen MR) is 456 cm³/mol. The fraction of sp³-hybridized carbons (Fsp3) is 0.614. The number of primary amides is 1. The van der Waals surface area contributed by atoms with Crippen LogP contribution >= 0.6 is 23.5 Å². The number of allylic oxidation sites excluding steroid dienone is 6. The van der Waals surface area contributed by atoms with Gasteiger partial charge in [-0.2, -0.15) is 0 Å². The van der Waals surface area contributed by atoms with Crippen molar-refractivity contribution in [2.75, 3.05) is 64.8 Å². The second kappa shape index (κ2) is 43.8. The van der Waals surface area contributed by atoms with Gasteiger partial charge in [-0.05, 0) is 121 Å². The van der Waals surface area contributed by atoms with E-state index in [4.69, 9.17) is 19.9 Å². The number of ether oxygens (including phenoxy) is 3. The lowest BCUT2D eigenvalue weighted by Gasteiger charge is -2.63. The highest BCUT2D eigenvalue weighted by Crippen LogP contribution is 2.70. The number of nitrogens with one attached hydrogen (secondary N) is 5. The van der Waals surface area contributed by atoms with Gasteiger partial charge in [-0.15, -0.1) is 23.5 Å². The molecule has 15 atom stereocenters. The van der Waals surface area contributed by atoms with Crippen molar-refractivity contribution in [1.82, 2.24) is 40.9 Å². The van der Waals surface area contributed by atoms with Gasteiger partial charge >= 0.3 is 12.1 Å². The molecule has 3 heterocycles. The topological polar surface area (TPSA) is 347 Å². The Morgan fingerprint density at radius 3 is 1.95 bits per heavy atom. The third-order valence-corrected chi connectivity index (χ3v) is 27.3. The van der Waals surface area contributed by atoms with E-state index in [1.165, 1.54) is 38.6 Å². The number of urea groups is 1. The highest BCUT2D eigenvalue weighted by molar-refractivity contribution is 8.05. The van der Waals surface area contributed by atoms with Gasteiger partial charge in [0, 0.05) is 76.0 Å². The zero-order valence-electron chi connectivity index (χ0n) is 71.4. The minimum absolute atomic E-state index is 0.0225. The number of unbranched alkanes of at least 4 members (excludes halogenated alkanes) is 1. The van der Waals surface area contributed by atoms with Gasteiger partial charge < -0.3 is 61.4 Å². The zero-order valence-corrected chi connectivity index (χ0v) is 73.1. The minimum atomic E-state index is -1.21. The van der Waals surface area contributed by atoms with E-state index in [-0.39, 0.29) is 83.0 Å². The quantitative estimate of drug-likeness (QED) is 0.0185. The molecule has 26 nitrogen and oxygen atoms in total. The fourth-order valence-electron chi connectivity index (χ4n) is 16.8. The van der Waals surface area contributed by atoms with Gasteiger partial charge in [-0.3, -0.25) is 53.0 Å². The molecule has 5 aliphatic rings. The van der Waals surface area contributed by atoms with Crippen molar-refractivity contribution in [3.8, 4) is 0 Å². The molecule has 0 spiro atoms. The monoisotopic (exact) mass is 1640 g/mol. The zero-order chi connectivity index (χ0) is 85.6. The molecule has 8 N–H and O–H groups in total. The number of carbonyl (C=O) groups is 11. The second-order valence-corrected chi connectivity index (χ2v) is 35.2. The number of imide groups is 1. The number of anilines is 1. The molecule has 7 rings (SSSR count). The molecule has 1 saturated carbocycles. The van der Waals surface area contributed by atoms with Crippen LogP contribution < -0.4 is 32.3 Å². The molecule has 0 radical (unpaired) electrons. The van der Waals surface area contributed by atoms with E-state index in [0.29, 0.717) is 54.1 Å². The maximum atomic E-state index is 14.9. The van der Waals surface area contributed by atoms with E-state index in [1.54, 1.807) is 106 Å². The van der Waals surface area contributed by atoms with Crippen LogP contribution in [0.2, 0.25) is 0 Å². The van der Waals surface area contributed by atoms with Crippen LogP contribution in [0, 0.1) is 35.5 Å². The molecule has 3 aliphatic heterocycles. The number of hydrogen-bond acceptors (Lipinski definition) is 17. The Kier molecular flexibility index (Phi) is 35.8. The number of aliphatic hydroxyl groups excluding tert-OH is 1. The third kappa shape index (κ3) is 22.7. The van der Waals surface area contributed by atoms with Crippen molar-refractivity contribution in [3.05, 3.63) is 124 Å². The number of hydrogen-bond donors (Lipinski definition) is 7. The lowest BCUT2D eigenvalue weighted by atomic mass is 9.59. The molecule has 2 aliphatic carbocycles. The summed E-state index contributed by atoms with van der Waals surface area (Å²) in [5, 5.41) is 25.3. The summed E-state index contributed by atoms with van der Waals surface area (Å²) in [6, 6.07) is 8.26. The van der Waals surface area contributed by atoms with Gasteiger partial charge in [0.2, 0.25) is 35.4 Å². The predicted octanol–water partition coefficient (Wildman–Crippen LogP) is 11.4. The Balaban J connectivity index is 0.935. The summed E-state index contributed by atoms with van der Waals surface area (Å²) in [6.45, 7) is 26.4. The van der Waals surface area contributed by atoms with Gasteiger partial charge in [0.1, 0.15) is 31.3 Å². The lowest BCUT2D eigenvalue weighted by Crippen LogP contribution is -2.63. The number of aliphatic hydroxyl groups is 1. The molecule has 2 aromatic carbocycles. The summed E-state index contributed by atoms with van der Waals surface area (Å²) in [5.41, 5.74) is 11.2. The minimum Gasteiger partial charge on any atom is -0.445 e. The van der Waals surface area contributed by atoms with Crippen molar-refractivity contribution in [2.45, 2.75) is 251 Å². The molecule has 2 fully saturated rings. The number of nitrogens with zero attached hydrogens (tertiary/aromatic N) is 5. The number of likely N-dealkylation sites (N-methyl/N-ethyl adjacent to an activating group) is 2. The van der Waals surface area contributed by atoms with Crippen molar-refractivity contribution in [3.63, 3.8) is 0 Å². The van der Waals surface area contributed by atoms with Gasteiger partial charge in [-0.25, -0.2) is 14.6 Å². The number of rotatable bonds is 41. The SMILES string of the molecule is CCCCC(C)c1cccc([C@H](O)[C@@H](C)NC(=O)[C@H](C)[C@@H](OC)[C@@H]2CCCN2C(=O)C[C@@H](OC)[C@H]([C@@H](C)CC)N(C)C(=O)C(C=NC(=O)[C@H](C(C)C)N(C)C(=O)OCc2ccc(NC(=O)[C@H](CCCNC(N)=O)NC(=O)[C@@H](NC(=O)CN3C(=O)C4=C(CSC5(CCC)C6=C/C=C\C=C/C=C6C5(CC)SC4)C3=O)C(C)C)cc2)C(C)C)c1. The molecular weight excluding hydrogens is 1520 g/mol. The van der Waals surface area contributed by atoms with E-state index in [9.17, 15) is 57.8 Å². The largest absolute Gasteiger partial charge is 0.445 e. The van der Waals surface area contributed by atoms with Crippen LogP contribution in [0.25, 0.3) is 0 Å². The van der Waals surface area contributed by atoms with E-state index >= 15 is 0 Å². The van der Waals surface area contributed by atoms with Gasteiger partial charge in [-0.1, -0.05) is 189 Å². The summed E-state index contributed by atoms with van der Waals surface area (Å²) < 4.78 is 17.3. The number of methoxy groups -OCH3 is 2. The number of carbonyl (C=O) groups excluding carboxylic acids is 11.